The van der Waals surface area contributed by atoms with Gasteiger partial charge in [-0.15, -0.1) is 0 Å². The molecule has 0 atom stereocenters. The molecule has 0 aliphatic rings. The zero-order valence-corrected chi connectivity index (χ0v) is 14.0. The maximum absolute atomic E-state index is 11.9. The summed E-state index contributed by atoms with van der Waals surface area (Å²) in [4.78, 5) is 13.9. The molecule has 0 unspecified atom stereocenters. The van der Waals surface area contributed by atoms with Gasteiger partial charge in [0.25, 0.3) is 0 Å². The van der Waals surface area contributed by atoms with Crippen LogP contribution in [0.15, 0.2) is 18.2 Å². The number of amides is 1. The second kappa shape index (κ2) is 8.67. The minimum absolute atomic E-state index is 0.0561. The lowest BCUT2D eigenvalue weighted by Gasteiger charge is -2.23. The molecule has 1 aromatic rings. The van der Waals surface area contributed by atoms with E-state index in [1.807, 2.05) is 25.8 Å². The van der Waals surface area contributed by atoms with Gasteiger partial charge < -0.3 is 15.5 Å². The van der Waals surface area contributed by atoms with Crippen molar-refractivity contribution in [2.45, 2.75) is 46.7 Å². The summed E-state index contributed by atoms with van der Waals surface area (Å²) in [5.74, 6) is 0.0561. The van der Waals surface area contributed by atoms with E-state index >= 15 is 0 Å². The van der Waals surface area contributed by atoms with Crippen LogP contribution in [0.25, 0.3) is 0 Å². The van der Waals surface area contributed by atoms with E-state index in [9.17, 15) is 4.79 Å². The van der Waals surface area contributed by atoms with Crippen LogP contribution in [0, 0.1) is 6.92 Å². The molecular weight excluding hydrogens is 262 g/mol. The molecule has 4 heteroatoms. The highest BCUT2D eigenvalue weighted by Gasteiger charge is 2.12. The van der Waals surface area contributed by atoms with E-state index in [0.717, 1.165) is 25.2 Å². The molecule has 1 rings (SSSR count). The van der Waals surface area contributed by atoms with Crippen LogP contribution in [-0.4, -0.2) is 32.1 Å². The quantitative estimate of drug-likeness (QED) is 0.723. The molecule has 118 valence electrons. The highest BCUT2D eigenvalue weighted by atomic mass is 16.2. The van der Waals surface area contributed by atoms with Crippen LogP contribution < -0.4 is 15.5 Å². The first-order valence-corrected chi connectivity index (χ1v) is 7.74. The maximum Gasteiger partial charge on any atom is 0.239 e. The fraction of sp³-hybridized carbons (Fsp3) is 0.588. The van der Waals surface area contributed by atoms with Crippen molar-refractivity contribution in [2.75, 3.05) is 25.0 Å². The van der Waals surface area contributed by atoms with E-state index in [1.54, 1.807) is 0 Å². The predicted octanol–water partition coefficient (Wildman–Crippen LogP) is 2.46. The second-order valence-electron chi connectivity index (χ2n) is 5.89. The third kappa shape index (κ3) is 6.17. The van der Waals surface area contributed by atoms with Crippen molar-refractivity contribution in [1.29, 1.82) is 0 Å². The van der Waals surface area contributed by atoms with E-state index in [-0.39, 0.29) is 11.9 Å². The molecular formula is C17H29N3O. The number of carbonyl (C=O) groups excluding carboxylic acids is 1. The molecule has 2 N–H and O–H groups in total. The van der Waals surface area contributed by atoms with Gasteiger partial charge in [0.1, 0.15) is 0 Å². The first kappa shape index (κ1) is 17.5. The van der Waals surface area contributed by atoms with Crippen LogP contribution in [0.2, 0.25) is 0 Å². The fourth-order valence-corrected chi connectivity index (χ4v) is 2.30. The molecule has 0 aliphatic carbocycles. The Bertz CT molecular complexity index is 457. The number of hydrogen-bond acceptors (Lipinski definition) is 3. The molecule has 0 heterocycles. The number of likely N-dealkylation sites (N-methyl/N-ethyl adjacent to an activating group) is 1. The Morgan fingerprint density at radius 2 is 2.05 bits per heavy atom. The number of carbonyl (C=O) groups is 1. The summed E-state index contributed by atoms with van der Waals surface area (Å²) in [5, 5.41) is 6.36. The standard InChI is InChI=1S/C17H29N3O/c1-6-9-18-11-15-10-14(4)7-8-16(15)20(5)12-17(21)19-13(2)3/h7-8,10,13,18H,6,9,11-12H2,1-5H3,(H,19,21). The highest BCUT2D eigenvalue weighted by molar-refractivity contribution is 5.81. The molecule has 0 saturated heterocycles. The van der Waals surface area contributed by atoms with Gasteiger partial charge in [-0.25, -0.2) is 0 Å². The first-order chi connectivity index (χ1) is 9.93. The average Bonchev–Trinajstić information content (AvgIpc) is 2.37. The Morgan fingerprint density at radius 3 is 2.67 bits per heavy atom. The van der Waals surface area contributed by atoms with Crippen molar-refractivity contribution >= 4 is 11.6 Å². The Labute approximate surface area is 128 Å². The Kier molecular flexibility index (Phi) is 7.23. The second-order valence-corrected chi connectivity index (χ2v) is 5.89. The number of nitrogens with zero attached hydrogens (tertiary/aromatic N) is 1. The minimum atomic E-state index is 0.0561. The van der Waals surface area contributed by atoms with Crippen molar-refractivity contribution in [1.82, 2.24) is 10.6 Å². The van der Waals surface area contributed by atoms with Gasteiger partial charge in [0.05, 0.1) is 6.54 Å². The largest absolute Gasteiger partial charge is 0.365 e. The van der Waals surface area contributed by atoms with Gasteiger partial charge >= 0.3 is 0 Å². The van der Waals surface area contributed by atoms with Gasteiger partial charge in [0.2, 0.25) is 5.91 Å². The summed E-state index contributed by atoms with van der Waals surface area (Å²) >= 11 is 0. The summed E-state index contributed by atoms with van der Waals surface area (Å²) < 4.78 is 0. The smallest absolute Gasteiger partial charge is 0.239 e. The summed E-state index contributed by atoms with van der Waals surface area (Å²) in [6, 6.07) is 6.56. The third-order valence-electron chi connectivity index (χ3n) is 3.22. The van der Waals surface area contributed by atoms with Gasteiger partial charge in [0.15, 0.2) is 0 Å². The van der Waals surface area contributed by atoms with Crippen molar-refractivity contribution in [2.24, 2.45) is 0 Å². The molecule has 0 radical (unpaired) electrons. The fourth-order valence-electron chi connectivity index (χ4n) is 2.30. The zero-order chi connectivity index (χ0) is 15.8. The molecule has 0 aromatic heterocycles. The van der Waals surface area contributed by atoms with E-state index in [0.29, 0.717) is 6.54 Å². The van der Waals surface area contributed by atoms with Crippen molar-refractivity contribution in [3.8, 4) is 0 Å². The summed E-state index contributed by atoms with van der Waals surface area (Å²) in [5.41, 5.74) is 3.60. The van der Waals surface area contributed by atoms with Crippen molar-refractivity contribution in [3.05, 3.63) is 29.3 Å². The summed E-state index contributed by atoms with van der Waals surface area (Å²) in [7, 11) is 1.97. The molecule has 0 saturated carbocycles. The van der Waals surface area contributed by atoms with Gasteiger partial charge in [-0.3, -0.25) is 4.79 Å². The Morgan fingerprint density at radius 1 is 1.33 bits per heavy atom. The van der Waals surface area contributed by atoms with Crippen LogP contribution in [0.3, 0.4) is 0 Å². The topological polar surface area (TPSA) is 44.4 Å². The van der Waals surface area contributed by atoms with Gasteiger partial charge in [-0.2, -0.15) is 0 Å². The number of benzene rings is 1. The Hall–Kier alpha value is -1.55. The lowest BCUT2D eigenvalue weighted by molar-refractivity contribution is -0.120. The monoisotopic (exact) mass is 291 g/mol. The lowest BCUT2D eigenvalue weighted by atomic mass is 10.1. The first-order valence-electron chi connectivity index (χ1n) is 7.74. The maximum atomic E-state index is 11.9. The van der Waals surface area contributed by atoms with Crippen LogP contribution >= 0.6 is 0 Å². The Balaban J connectivity index is 2.77. The normalized spacial score (nSPS) is 10.8. The highest BCUT2D eigenvalue weighted by Crippen LogP contribution is 2.20. The summed E-state index contributed by atoms with van der Waals surface area (Å²) in [6.45, 7) is 10.4. The van der Waals surface area contributed by atoms with Crippen LogP contribution in [0.4, 0.5) is 5.69 Å². The van der Waals surface area contributed by atoms with E-state index in [1.165, 1.54) is 11.1 Å². The van der Waals surface area contributed by atoms with Gasteiger partial charge in [0, 0.05) is 25.3 Å². The molecule has 4 nitrogen and oxygen atoms in total. The van der Waals surface area contributed by atoms with E-state index in [4.69, 9.17) is 0 Å². The SMILES string of the molecule is CCCNCc1cc(C)ccc1N(C)CC(=O)NC(C)C. The number of nitrogens with one attached hydrogen (secondary N) is 2. The van der Waals surface area contributed by atoms with Crippen molar-refractivity contribution in [3.63, 3.8) is 0 Å². The van der Waals surface area contributed by atoms with Crippen LogP contribution in [0.5, 0.6) is 0 Å². The number of hydrogen-bond donors (Lipinski definition) is 2. The minimum Gasteiger partial charge on any atom is -0.365 e. The molecule has 1 aromatic carbocycles. The molecule has 0 fully saturated rings. The third-order valence-corrected chi connectivity index (χ3v) is 3.22. The molecule has 1 amide bonds. The lowest BCUT2D eigenvalue weighted by Crippen LogP contribution is -2.39. The number of anilines is 1. The zero-order valence-electron chi connectivity index (χ0n) is 14.0. The number of aryl methyl sites for hydroxylation is 1. The van der Waals surface area contributed by atoms with Gasteiger partial charge in [-0.05, 0) is 45.4 Å². The average molecular weight is 291 g/mol. The van der Waals surface area contributed by atoms with Crippen LogP contribution in [0.1, 0.15) is 38.3 Å². The molecule has 0 aliphatic heterocycles. The van der Waals surface area contributed by atoms with E-state index < -0.39 is 0 Å². The summed E-state index contributed by atoms with van der Waals surface area (Å²) in [6.07, 6.45) is 1.12. The van der Waals surface area contributed by atoms with E-state index in [2.05, 4.69) is 42.7 Å². The van der Waals surface area contributed by atoms with Crippen molar-refractivity contribution < 1.29 is 4.79 Å². The molecule has 0 bridgehead atoms. The van der Waals surface area contributed by atoms with Gasteiger partial charge in [-0.1, -0.05) is 24.6 Å². The number of rotatable bonds is 8. The molecule has 21 heavy (non-hydrogen) atoms. The molecule has 0 spiro atoms. The van der Waals surface area contributed by atoms with Crippen LogP contribution in [-0.2, 0) is 11.3 Å². The predicted molar refractivity (Wildman–Crippen MR) is 89.7 cm³/mol.